The summed E-state index contributed by atoms with van der Waals surface area (Å²) in [6.45, 7) is 3.46. The van der Waals surface area contributed by atoms with Crippen LogP contribution in [0.4, 0.5) is 0 Å². The number of fused-ring (bicyclic) bond motifs is 5. The molecule has 1 aromatic rings. The zero-order valence-electron chi connectivity index (χ0n) is 15.5. The third kappa shape index (κ3) is 2.79. The highest BCUT2D eigenvalue weighted by atomic mass is 32.2. The van der Waals surface area contributed by atoms with E-state index in [0.29, 0.717) is 43.5 Å². The summed E-state index contributed by atoms with van der Waals surface area (Å²) in [5.41, 5.74) is 0. The molecule has 9 heteroatoms. The van der Waals surface area contributed by atoms with Crippen LogP contribution >= 0.6 is 11.3 Å². The Morgan fingerprint density at radius 3 is 2.29 bits per heavy atom. The molecule has 2 amide bonds. The molecule has 1 saturated carbocycles. The summed E-state index contributed by atoms with van der Waals surface area (Å²) in [4.78, 5) is 28.2. The van der Waals surface area contributed by atoms with E-state index in [4.69, 9.17) is 0 Å². The van der Waals surface area contributed by atoms with E-state index in [9.17, 15) is 18.0 Å². The molecule has 150 valence electrons. The lowest BCUT2D eigenvalue weighted by molar-refractivity contribution is -0.902. The molecule has 1 aromatic heterocycles. The van der Waals surface area contributed by atoms with Crippen molar-refractivity contribution in [2.24, 2.45) is 23.7 Å². The van der Waals surface area contributed by atoms with Crippen LogP contribution in [0.25, 0.3) is 0 Å². The standard InChI is InChI=1S/C19H23N3O4S2/c23-18-16-13-3-4-14(12-13)17(16)19(24)22(18)10-7-20-5-8-21(9-6-20)28(25,26)15-2-1-11-27-15/h1-4,11,13-14,16-17H,5-10,12H2/p+1/t13-,14-,16-,17+/m0/s1. The lowest BCUT2D eigenvalue weighted by atomic mass is 9.85. The van der Waals surface area contributed by atoms with Crippen LogP contribution in [0.5, 0.6) is 0 Å². The average molecular weight is 423 g/mol. The van der Waals surface area contributed by atoms with Gasteiger partial charge in [-0.25, -0.2) is 8.42 Å². The van der Waals surface area contributed by atoms with Crippen LogP contribution in [0.1, 0.15) is 6.42 Å². The van der Waals surface area contributed by atoms with E-state index in [2.05, 4.69) is 12.2 Å². The predicted octanol–water partition coefficient (Wildman–Crippen LogP) is -0.556. The normalized spacial score (nSPS) is 33.2. The van der Waals surface area contributed by atoms with E-state index in [1.54, 1.807) is 21.8 Å². The van der Waals surface area contributed by atoms with Crippen LogP contribution in [-0.2, 0) is 19.6 Å². The van der Waals surface area contributed by atoms with E-state index in [-0.39, 0.29) is 35.5 Å². The van der Waals surface area contributed by atoms with Gasteiger partial charge in [-0.05, 0) is 29.7 Å². The molecule has 1 N–H and O–H groups in total. The maximum atomic E-state index is 12.8. The van der Waals surface area contributed by atoms with Crippen molar-refractivity contribution in [2.75, 3.05) is 39.3 Å². The van der Waals surface area contributed by atoms with Gasteiger partial charge in [-0.15, -0.1) is 11.3 Å². The minimum atomic E-state index is -3.39. The Hall–Kier alpha value is -1.55. The Kier molecular flexibility index (Phi) is 4.46. The number of nitrogens with zero attached hydrogens (tertiary/aromatic N) is 2. The minimum absolute atomic E-state index is 0.00478. The van der Waals surface area contributed by atoms with E-state index in [0.717, 1.165) is 6.42 Å². The molecule has 3 heterocycles. The van der Waals surface area contributed by atoms with Crippen molar-refractivity contribution in [1.29, 1.82) is 0 Å². The number of hydrogen-bond donors (Lipinski definition) is 1. The first-order valence-electron chi connectivity index (χ1n) is 9.87. The number of thiophene rings is 1. The summed E-state index contributed by atoms with van der Waals surface area (Å²) in [5.74, 6) is 0.232. The zero-order valence-corrected chi connectivity index (χ0v) is 17.1. The number of allylic oxidation sites excluding steroid dienone is 2. The summed E-state index contributed by atoms with van der Waals surface area (Å²) in [5, 5.41) is 1.77. The Morgan fingerprint density at radius 2 is 1.71 bits per heavy atom. The van der Waals surface area contributed by atoms with Gasteiger partial charge in [0.2, 0.25) is 11.8 Å². The molecule has 3 fully saturated rings. The van der Waals surface area contributed by atoms with Gasteiger partial charge in [0.25, 0.3) is 10.0 Å². The molecule has 2 bridgehead atoms. The van der Waals surface area contributed by atoms with E-state index in [1.165, 1.54) is 21.1 Å². The summed E-state index contributed by atoms with van der Waals surface area (Å²) < 4.78 is 27.2. The highest BCUT2D eigenvalue weighted by Gasteiger charge is 2.59. The summed E-state index contributed by atoms with van der Waals surface area (Å²) in [6.07, 6.45) is 5.17. The molecular weight excluding hydrogens is 398 g/mol. The third-order valence-corrected chi connectivity index (χ3v) is 10.0. The van der Waals surface area contributed by atoms with Gasteiger partial charge < -0.3 is 4.90 Å². The number of imide groups is 1. The molecule has 2 saturated heterocycles. The first kappa shape index (κ1) is 18.5. The number of nitrogens with one attached hydrogen (secondary N) is 1. The first-order chi connectivity index (χ1) is 13.5. The predicted molar refractivity (Wildman–Crippen MR) is 103 cm³/mol. The Bertz CT molecular complexity index is 889. The number of piperazine rings is 1. The van der Waals surface area contributed by atoms with Gasteiger partial charge in [-0.2, -0.15) is 4.31 Å². The minimum Gasteiger partial charge on any atom is -0.331 e. The van der Waals surface area contributed by atoms with Gasteiger partial charge in [-0.1, -0.05) is 18.2 Å². The van der Waals surface area contributed by atoms with Crippen LogP contribution < -0.4 is 4.90 Å². The van der Waals surface area contributed by atoms with Gasteiger partial charge >= 0.3 is 0 Å². The van der Waals surface area contributed by atoms with Gasteiger partial charge in [-0.3, -0.25) is 14.5 Å². The second-order valence-electron chi connectivity index (χ2n) is 8.16. The fourth-order valence-corrected chi connectivity index (χ4v) is 7.87. The van der Waals surface area contributed by atoms with Crippen molar-refractivity contribution in [2.45, 2.75) is 10.6 Å². The molecule has 0 aromatic carbocycles. The van der Waals surface area contributed by atoms with Crippen molar-refractivity contribution >= 4 is 33.2 Å². The topological polar surface area (TPSA) is 79.2 Å². The lowest BCUT2D eigenvalue weighted by Gasteiger charge is -2.32. The third-order valence-electron chi connectivity index (χ3n) is 6.77. The van der Waals surface area contributed by atoms with Gasteiger partial charge in [0, 0.05) is 0 Å². The Morgan fingerprint density at radius 1 is 1.07 bits per heavy atom. The number of carbonyl (C=O) groups excluding carboxylic acids is 2. The number of hydrogen-bond acceptors (Lipinski definition) is 5. The first-order valence-corrected chi connectivity index (χ1v) is 12.2. The zero-order chi connectivity index (χ0) is 19.5. The number of amides is 2. The van der Waals surface area contributed by atoms with E-state index >= 15 is 0 Å². The van der Waals surface area contributed by atoms with Gasteiger partial charge in [0.05, 0.1) is 51.1 Å². The van der Waals surface area contributed by atoms with Crippen LogP contribution in [0.3, 0.4) is 0 Å². The number of rotatable bonds is 5. The van der Waals surface area contributed by atoms with Crippen LogP contribution in [0, 0.1) is 23.7 Å². The van der Waals surface area contributed by atoms with Crippen molar-refractivity contribution in [1.82, 2.24) is 9.21 Å². The smallest absolute Gasteiger partial charge is 0.252 e. The second-order valence-corrected chi connectivity index (χ2v) is 11.3. The molecule has 2 aliphatic heterocycles. The number of likely N-dealkylation sites (tertiary alicyclic amines) is 1. The van der Waals surface area contributed by atoms with Crippen molar-refractivity contribution in [3.8, 4) is 0 Å². The van der Waals surface area contributed by atoms with Crippen LogP contribution in [0.15, 0.2) is 33.9 Å². The number of carbonyl (C=O) groups is 2. The van der Waals surface area contributed by atoms with Crippen molar-refractivity contribution in [3.05, 3.63) is 29.7 Å². The van der Waals surface area contributed by atoms with Crippen LogP contribution in [-0.4, -0.2) is 68.7 Å². The van der Waals surface area contributed by atoms with E-state index < -0.39 is 10.0 Å². The molecule has 4 aliphatic rings. The lowest BCUT2D eigenvalue weighted by Crippen LogP contribution is -3.15. The fraction of sp³-hybridized carbons (Fsp3) is 0.579. The monoisotopic (exact) mass is 422 g/mol. The molecule has 5 rings (SSSR count). The maximum absolute atomic E-state index is 12.8. The fourth-order valence-electron chi connectivity index (χ4n) is 5.28. The number of quaternary nitrogens is 1. The molecule has 2 aliphatic carbocycles. The van der Waals surface area contributed by atoms with Gasteiger partial charge in [0.1, 0.15) is 4.21 Å². The number of sulfonamides is 1. The van der Waals surface area contributed by atoms with Gasteiger partial charge in [0.15, 0.2) is 0 Å². The van der Waals surface area contributed by atoms with Crippen LogP contribution in [0.2, 0.25) is 0 Å². The molecule has 7 nitrogen and oxygen atoms in total. The van der Waals surface area contributed by atoms with E-state index in [1.807, 2.05) is 0 Å². The van der Waals surface area contributed by atoms with Crippen molar-refractivity contribution in [3.63, 3.8) is 0 Å². The molecule has 4 atom stereocenters. The summed E-state index contributed by atoms with van der Waals surface area (Å²) in [7, 11) is -3.39. The van der Waals surface area contributed by atoms with Crippen molar-refractivity contribution < 1.29 is 22.9 Å². The summed E-state index contributed by atoms with van der Waals surface area (Å²) in [6, 6.07) is 3.39. The second kappa shape index (κ2) is 6.76. The summed E-state index contributed by atoms with van der Waals surface area (Å²) >= 11 is 1.24. The molecular formula is C19H24N3O4S2+. The quantitative estimate of drug-likeness (QED) is 0.510. The average Bonchev–Trinajstić information content (AvgIpc) is 3.47. The largest absolute Gasteiger partial charge is 0.331 e. The molecule has 0 unspecified atom stereocenters. The Labute approximate surface area is 168 Å². The molecule has 0 spiro atoms. The highest BCUT2D eigenvalue weighted by Crippen LogP contribution is 2.52. The molecule has 28 heavy (non-hydrogen) atoms. The SMILES string of the molecule is O=C1[C@@H]2[C@H](C(=O)N1CC[NH+]1CCN(S(=O)(=O)c3cccs3)CC1)[C@H]1C=C[C@H]2C1. The highest BCUT2D eigenvalue weighted by molar-refractivity contribution is 7.91. The maximum Gasteiger partial charge on any atom is 0.252 e. The Balaban J connectivity index is 1.16. The molecule has 0 radical (unpaired) electrons.